The van der Waals surface area contributed by atoms with Crippen molar-refractivity contribution < 1.29 is 59.6 Å². The number of phenols is 7. The second-order valence-corrected chi connectivity index (χ2v) is 12.2. The molecule has 0 aliphatic carbocycles. The highest BCUT2D eigenvalue weighted by Crippen LogP contribution is 2.51. The zero-order chi connectivity index (χ0) is 37.1. The van der Waals surface area contributed by atoms with E-state index in [2.05, 4.69) is 0 Å². The van der Waals surface area contributed by atoms with E-state index in [0.717, 1.165) is 0 Å². The zero-order valence-corrected chi connectivity index (χ0v) is 29.2. The fourth-order valence-corrected chi connectivity index (χ4v) is 6.02. The number of ketones is 3. The van der Waals surface area contributed by atoms with Gasteiger partial charge < -0.3 is 45.2 Å². The van der Waals surface area contributed by atoms with E-state index in [1.165, 1.54) is 28.1 Å². The number of Topliss-reactive ketones (excluding diaryl/α,β-unsaturated/α-hetero) is 3. The number of hydrogen-bond donors (Lipinski definition) is 7. The summed E-state index contributed by atoms with van der Waals surface area (Å²) in [5.41, 5.74) is -2.18. The second kappa shape index (κ2) is 15.4. The Morgan fingerprint density at radius 3 is 1.18 bits per heavy atom. The molecular weight excluding hydrogens is 636 g/mol. The smallest absolute Gasteiger partial charge is 0.173 e. The van der Waals surface area contributed by atoms with E-state index >= 15 is 0 Å². The first-order chi connectivity index (χ1) is 23.0. The summed E-state index contributed by atoms with van der Waals surface area (Å²) < 4.78 is 10.7. The lowest BCUT2D eigenvalue weighted by atomic mass is 9.85. The van der Waals surface area contributed by atoms with Gasteiger partial charge in [-0.15, -0.1) is 0 Å². The molecule has 3 aromatic rings. The van der Waals surface area contributed by atoms with Crippen LogP contribution in [0.3, 0.4) is 0 Å². The third-order valence-electron chi connectivity index (χ3n) is 9.01. The minimum absolute atomic E-state index is 0.0397. The molecule has 1 atom stereocenters. The average Bonchev–Trinajstić information content (AvgIpc) is 3.06. The van der Waals surface area contributed by atoms with Gasteiger partial charge in [-0.25, -0.2) is 0 Å². The van der Waals surface area contributed by atoms with E-state index in [-0.39, 0.29) is 57.7 Å². The van der Waals surface area contributed by atoms with E-state index in [1.54, 1.807) is 27.7 Å². The molecule has 0 radical (unpaired) electrons. The number of hydrogen-bond acceptors (Lipinski definition) is 12. The second-order valence-electron chi connectivity index (χ2n) is 12.2. The topological polar surface area (TPSA) is 211 Å². The first kappa shape index (κ1) is 38.3. The Labute approximate surface area is 285 Å². The molecule has 0 heterocycles. The van der Waals surface area contributed by atoms with Gasteiger partial charge >= 0.3 is 0 Å². The molecule has 7 N–H and O–H groups in total. The summed E-state index contributed by atoms with van der Waals surface area (Å²) in [7, 11) is 2.54. The van der Waals surface area contributed by atoms with E-state index < -0.39 is 93.0 Å². The lowest BCUT2D eigenvalue weighted by Gasteiger charge is -2.23. The third-order valence-corrected chi connectivity index (χ3v) is 9.01. The minimum Gasteiger partial charge on any atom is -0.507 e. The zero-order valence-electron chi connectivity index (χ0n) is 29.2. The van der Waals surface area contributed by atoms with Crippen LogP contribution in [-0.2, 0) is 12.8 Å². The number of carbonyl (C=O) groups is 3. The van der Waals surface area contributed by atoms with Crippen LogP contribution in [0.25, 0.3) is 0 Å². The molecule has 0 unspecified atom stereocenters. The molecule has 0 aromatic heterocycles. The average molecular weight is 683 g/mol. The van der Waals surface area contributed by atoms with Crippen LogP contribution in [0.5, 0.6) is 51.7 Å². The van der Waals surface area contributed by atoms with Crippen molar-refractivity contribution in [2.45, 2.75) is 86.5 Å². The van der Waals surface area contributed by atoms with Gasteiger partial charge in [-0.3, -0.25) is 14.4 Å². The molecule has 266 valence electrons. The number of aromatic hydroxyl groups is 7. The predicted octanol–water partition coefficient (Wildman–Crippen LogP) is 6.64. The van der Waals surface area contributed by atoms with Crippen LogP contribution < -0.4 is 9.47 Å². The van der Waals surface area contributed by atoms with Crippen LogP contribution in [0.1, 0.15) is 124 Å². The summed E-state index contributed by atoms with van der Waals surface area (Å²) in [5.74, 6) is -7.31. The lowest BCUT2D eigenvalue weighted by Crippen LogP contribution is -2.13. The molecule has 49 heavy (non-hydrogen) atoms. The molecule has 0 saturated heterocycles. The molecule has 3 rings (SSSR count). The molecule has 3 aromatic carbocycles. The fourth-order valence-electron chi connectivity index (χ4n) is 6.02. The van der Waals surface area contributed by atoms with Gasteiger partial charge in [-0.2, -0.15) is 0 Å². The lowest BCUT2D eigenvalue weighted by molar-refractivity contribution is 0.0919. The number of rotatable bonds is 15. The summed E-state index contributed by atoms with van der Waals surface area (Å²) in [6.07, 6.45) is -0.00157. The molecule has 0 aliphatic rings. The van der Waals surface area contributed by atoms with Crippen molar-refractivity contribution in [1.29, 1.82) is 0 Å². The summed E-state index contributed by atoms with van der Waals surface area (Å²) in [4.78, 5) is 39.7. The number of carbonyl (C=O) groups excluding carboxylic acids is 3. The van der Waals surface area contributed by atoms with E-state index in [4.69, 9.17) is 9.47 Å². The first-order valence-electron chi connectivity index (χ1n) is 16.2. The quantitative estimate of drug-likeness (QED) is 0.0842. The SMILES string of the molecule is CCCC(=O)c1c(O)c(Cc2c(O)c(Cc3c(O)c(C)c(OC)c(C(=O)CCC)c3O)c(O)c(C(=O)[C@H](C)CC)c2O)c(O)c(C)c1OC. The number of phenolic OH excluding ortho intramolecular Hbond substituents is 7. The van der Waals surface area contributed by atoms with Gasteiger partial charge in [-0.1, -0.05) is 27.7 Å². The Bertz CT molecular complexity index is 1690. The van der Waals surface area contributed by atoms with Crippen molar-refractivity contribution in [3.05, 3.63) is 50.1 Å². The molecule has 0 spiro atoms. The molecule has 0 saturated carbocycles. The summed E-state index contributed by atoms with van der Waals surface area (Å²) in [5, 5.41) is 79.6. The Balaban J connectivity index is 2.45. The molecular formula is C37H46O12. The fraction of sp³-hybridized carbons (Fsp3) is 0.432. The maximum absolute atomic E-state index is 13.6. The molecule has 0 amide bonds. The molecule has 0 fully saturated rings. The van der Waals surface area contributed by atoms with Gasteiger partial charge in [0.1, 0.15) is 68.4 Å². The maximum atomic E-state index is 13.6. The summed E-state index contributed by atoms with van der Waals surface area (Å²) in [6, 6.07) is 0. The highest BCUT2D eigenvalue weighted by Gasteiger charge is 2.34. The molecule has 12 heteroatoms. The highest BCUT2D eigenvalue weighted by molar-refractivity contribution is 6.05. The van der Waals surface area contributed by atoms with E-state index in [1.807, 2.05) is 0 Å². The van der Waals surface area contributed by atoms with Gasteiger partial charge in [0.2, 0.25) is 0 Å². The number of ether oxygens (including phenoxy) is 2. The molecule has 0 aliphatic heterocycles. The van der Waals surface area contributed by atoms with Crippen molar-refractivity contribution in [2.24, 2.45) is 5.92 Å². The predicted molar refractivity (Wildman–Crippen MR) is 181 cm³/mol. The maximum Gasteiger partial charge on any atom is 0.173 e. The first-order valence-corrected chi connectivity index (χ1v) is 16.2. The van der Waals surface area contributed by atoms with Gasteiger partial charge in [0.05, 0.1) is 14.2 Å². The van der Waals surface area contributed by atoms with Crippen LogP contribution in [0.2, 0.25) is 0 Å². The Kier molecular flexibility index (Phi) is 12.0. The highest BCUT2D eigenvalue weighted by atomic mass is 16.5. The van der Waals surface area contributed by atoms with Crippen molar-refractivity contribution in [2.75, 3.05) is 14.2 Å². The third kappa shape index (κ3) is 6.77. The Morgan fingerprint density at radius 2 is 0.878 bits per heavy atom. The van der Waals surface area contributed by atoms with Crippen LogP contribution in [0.15, 0.2) is 0 Å². The Morgan fingerprint density at radius 1 is 0.551 bits per heavy atom. The monoisotopic (exact) mass is 682 g/mol. The summed E-state index contributed by atoms with van der Waals surface area (Å²) >= 11 is 0. The Hall–Kier alpha value is -5.13. The number of benzene rings is 3. The van der Waals surface area contributed by atoms with E-state index in [0.29, 0.717) is 19.3 Å². The largest absolute Gasteiger partial charge is 0.507 e. The molecule has 12 nitrogen and oxygen atoms in total. The van der Waals surface area contributed by atoms with Crippen LogP contribution in [-0.4, -0.2) is 67.3 Å². The van der Waals surface area contributed by atoms with Gasteiger partial charge in [-0.05, 0) is 33.1 Å². The standard InChI is InChI=1S/C37H46O12/c1-9-12-23(38)25-32(44)19(29(41)17(5)36(25)48-7)14-21-31(43)22(35(47)27(34(21)46)28(40)16(4)11-3)15-20-30(42)18(6)37(49-8)26(33(20)45)24(39)13-10-2/h16,41-47H,9-15H2,1-8H3/t16-/m1/s1. The van der Waals surface area contributed by atoms with Gasteiger partial charge in [0, 0.05) is 65.0 Å². The van der Waals surface area contributed by atoms with Crippen molar-refractivity contribution in [3.63, 3.8) is 0 Å². The van der Waals surface area contributed by atoms with Gasteiger partial charge in [0.25, 0.3) is 0 Å². The van der Waals surface area contributed by atoms with Crippen LogP contribution in [0, 0.1) is 19.8 Å². The van der Waals surface area contributed by atoms with Gasteiger partial charge in [0.15, 0.2) is 17.3 Å². The molecule has 0 bridgehead atoms. The van der Waals surface area contributed by atoms with Crippen molar-refractivity contribution in [3.8, 4) is 51.7 Å². The normalized spacial score (nSPS) is 11.8. The van der Waals surface area contributed by atoms with Crippen LogP contribution >= 0.6 is 0 Å². The van der Waals surface area contributed by atoms with Crippen LogP contribution in [0.4, 0.5) is 0 Å². The van der Waals surface area contributed by atoms with E-state index in [9.17, 15) is 50.1 Å². The number of methoxy groups -OCH3 is 2. The van der Waals surface area contributed by atoms with Crippen molar-refractivity contribution >= 4 is 17.3 Å². The summed E-state index contributed by atoms with van der Waals surface area (Å²) in [6.45, 7) is 9.72. The minimum atomic E-state index is -0.837. The van der Waals surface area contributed by atoms with Crippen molar-refractivity contribution in [1.82, 2.24) is 0 Å².